The molecule has 1 aliphatic rings. The van der Waals surface area contributed by atoms with Crippen molar-refractivity contribution >= 4 is 0 Å². The maximum Gasteiger partial charge on any atom is 0.419 e. The molecule has 136 valence electrons. The predicted octanol–water partition coefficient (Wildman–Crippen LogP) is 4.13. The summed E-state index contributed by atoms with van der Waals surface area (Å²) in [5.74, 6) is -1.43. The fourth-order valence-corrected chi connectivity index (χ4v) is 2.82. The van der Waals surface area contributed by atoms with Gasteiger partial charge >= 0.3 is 12.4 Å². The van der Waals surface area contributed by atoms with Crippen LogP contribution in [0.1, 0.15) is 30.0 Å². The number of nitrogens with one attached hydrogen (secondary N) is 1. The van der Waals surface area contributed by atoms with E-state index in [0.717, 1.165) is 6.07 Å². The molecule has 1 fully saturated rings. The number of alkyl halides is 6. The summed E-state index contributed by atoms with van der Waals surface area (Å²) in [6.07, 6.45) is -10.8. The highest BCUT2D eigenvalue weighted by Crippen LogP contribution is 2.36. The van der Waals surface area contributed by atoms with Crippen LogP contribution in [0.2, 0.25) is 0 Å². The summed E-state index contributed by atoms with van der Waals surface area (Å²) in [5, 5.41) is 3.03. The average molecular weight is 358 g/mol. The van der Waals surface area contributed by atoms with E-state index < -0.39 is 36.2 Å². The highest BCUT2D eigenvalue weighted by Gasteiger charge is 2.36. The fourth-order valence-electron chi connectivity index (χ4n) is 2.82. The lowest BCUT2D eigenvalue weighted by atomic mass is 9.97. The molecule has 1 atom stereocenters. The minimum absolute atomic E-state index is 0.0508. The first-order chi connectivity index (χ1) is 11.1. The number of piperazine rings is 1. The number of nitrogens with zero attached hydrogens (tertiary/aromatic N) is 1. The van der Waals surface area contributed by atoms with Crippen molar-refractivity contribution in [1.29, 1.82) is 0 Å². The monoisotopic (exact) mass is 358 g/mol. The second kappa shape index (κ2) is 7.26. The minimum Gasteiger partial charge on any atom is -0.314 e. The molecule has 2 nitrogen and oxygen atoms in total. The van der Waals surface area contributed by atoms with Gasteiger partial charge in [0.05, 0.1) is 5.56 Å². The van der Waals surface area contributed by atoms with Gasteiger partial charge in [0.2, 0.25) is 0 Å². The second-order valence-corrected chi connectivity index (χ2v) is 5.69. The number of benzene rings is 1. The lowest BCUT2D eigenvalue weighted by Gasteiger charge is -2.35. The van der Waals surface area contributed by atoms with Crippen LogP contribution < -0.4 is 5.32 Å². The Balaban J connectivity index is 2.31. The van der Waals surface area contributed by atoms with Crippen LogP contribution >= 0.6 is 0 Å². The van der Waals surface area contributed by atoms with Crippen LogP contribution in [0.5, 0.6) is 0 Å². The van der Waals surface area contributed by atoms with E-state index in [-0.39, 0.29) is 12.0 Å². The molecular formula is C15H17F7N2. The first-order valence-electron chi connectivity index (χ1n) is 7.46. The van der Waals surface area contributed by atoms with Gasteiger partial charge in [0.1, 0.15) is 5.82 Å². The van der Waals surface area contributed by atoms with Gasteiger partial charge in [-0.3, -0.25) is 4.90 Å². The molecule has 1 aliphatic heterocycles. The quantitative estimate of drug-likeness (QED) is 0.814. The SMILES string of the molecule is Fc1ccc([C@H](CCC(F)(F)F)N2CCNCC2)cc1C(F)(F)F. The lowest BCUT2D eigenvalue weighted by molar-refractivity contribution is -0.141. The first kappa shape index (κ1) is 19.0. The molecule has 0 unspecified atom stereocenters. The second-order valence-electron chi connectivity index (χ2n) is 5.69. The van der Waals surface area contributed by atoms with Crippen LogP contribution in [0.4, 0.5) is 30.7 Å². The summed E-state index contributed by atoms with van der Waals surface area (Å²) >= 11 is 0. The van der Waals surface area contributed by atoms with E-state index in [1.54, 1.807) is 4.90 Å². The number of hydrogen-bond acceptors (Lipinski definition) is 2. The maximum absolute atomic E-state index is 13.4. The Bertz CT molecular complexity index is 548. The molecule has 1 N–H and O–H groups in total. The molecule has 0 spiro atoms. The lowest BCUT2D eigenvalue weighted by Crippen LogP contribution is -2.45. The summed E-state index contributed by atoms with van der Waals surface area (Å²) in [4.78, 5) is 1.70. The van der Waals surface area contributed by atoms with Crippen molar-refractivity contribution in [3.8, 4) is 0 Å². The van der Waals surface area contributed by atoms with Crippen molar-refractivity contribution in [2.75, 3.05) is 26.2 Å². The van der Waals surface area contributed by atoms with Crippen LogP contribution in [0, 0.1) is 5.82 Å². The van der Waals surface area contributed by atoms with Crippen LogP contribution in [0.15, 0.2) is 18.2 Å². The Morgan fingerprint density at radius 3 is 2.21 bits per heavy atom. The third-order valence-electron chi connectivity index (χ3n) is 3.97. The molecule has 0 aliphatic carbocycles. The van der Waals surface area contributed by atoms with E-state index >= 15 is 0 Å². The first-order valence-corrected chi connectivity index (χ1v) is 7.46. The molecule has 0 saturated carbocycles. The van der Waals surface area contributed by atoms with Crippen molar-refractivity contribution in [2.45, 2.75) is 31.2 Å². The van der Waals surface area contributed by atoms with Gasteiger partial charge in [0.15, 0.2) is 0 Å². The zero-order valence-corrected chi connectivity index (χ0v) is 12.6. The zero-order valence-electron chi connectivity index (χ0n) is 12.6. The van der Waals surface area contributed by atoms with Crippen molar-refractivity contribution in [3.05, 3.63) is 35.1 Å². The molecule has 2 rings (SSSR count). The van der Waals surface area contributed by atoms with Gasteiger partial charge in [-0.25, -0.2) is 4.39 Å². The average Bonchev–Trinajstić information content (AvgIpc) is 2.47. The van der Waals surface area contributed by atoms with E-state index in [2.05, 4.69) is 5.32 Å². The molecule has 0 aromatic heterocycles. The third kappa shape index (κ3) is 5.07. The van der Waals surface area contributed by atoms with Gasteiger partial charge in [0, 0.05) is 38.6 Å². The molecule has 0 amide bonds. The Labute approximate surface area is 134 Å². The van der Waals surface area contributed by atoms with Crippen molar-refractivity contribution in [2.24, 2.45) is 0 Å². The Morgan fingerprint density at radius 2 is 1.67 bits per heavy atom. The Hall–Kier alpha value is -1.35. The van der Waals surface area contributed by atoms with E-state index in [1.807, 2.05) is 0 Å². The number of hydrogen-bond donors (Lipinski definition) is 1. The van der Waals surface area contributed by atoms with E-state index in [4.69, 9.17) is 0 Å². The Kier molecular flexibility index (Phi) is 5.74. The van der Waals surface area contributed by atoms with E-state index in [9.17, 15) is 30.7 Å². The normalized spacial score (nSPS) is 18.6. The highest BCUT2D eigenvalue weighted by atomic mass is 19.4. The summed E-state index contributed by atoms with van der Waals surface area (Å²) < 4.78 is 89.7. The summed E-state index contributed by atoms with van der Waals surface area (Å²) in [6, 6.07) is 1.59. The zero-order chi connectivity index (χ0) is 18.0. The molecule has 1 heterocycles. The Morgan fingerprint density at radius 1 is 1.04 bits per heavy atom. The summed E-state index contributed by atoms with van der Waals surface area (Å²) in [7, 11) is 0. The third-order valence-corrected chi connectivity index (χ3v) is 3.97. The van der Waals surface area contributed by atoms with Gasteiger partial charge in [-0.15, -0.1) is 0 Å². The van der Waals surface area contributed by atoms with Crippen LogP contribution in [0.25, 0.3) is 0 Å². The van der Waals surface area contributed by atoms with Crippen LogP contribution in [-0.4, -0.2) is 37.3 Å². The largest absolute Gasteiger partial charge is 0.419 e. The number of halogens is 7. The van der Waals surface area contributed by atoms with Crippen LogP contribution in [0.3, 0.4) is 0 Å². The van der Waals surface area contributed by atoms with Crippen LogP contribution in [-0.2, 0) is 6.18 Å². The maximum atomic E-state index is 13.4. The topological polar surface area (TPSA) is 15.3 Å². The molecule has 0 bridgehead atoms. The standard InChI is InChI=1S/C15H17F7N2/c16-12-2-1-10(9-11(12)15(20,21)22)13(3-4-14(17,18)19)24-7-5-23-6-8-24/h1-2,9,13,23H,3-8H2/t13-/m0/s1. The summed E-state index contributed by atoms with van der Waals surface area (Å²) in [5.41, 5.74) is -1.40. The van der Waals surface area contributed by atoms with E-state index in [0.29, 0.717) is 38.3 Å². The predicted molar refractivity (Wildman–Crippen MR) is 73.9 cm³/mol. The molecule has 1 saturated heterocycles. The molecule has 0 radical (unpaired) electrons. The molecule has 24 heavy (non-hydrogen) atoms. The van der Waals surface area contributed by atoms with Gasteiger partial charge in [-0.05, 0) is 24.1 Å². The van der Waals surface area contributed by atoms with Gasteiger partial charge in [-0.2, -0.15) is 26.3 Å². The molecule has 1 aromatic carbocycles. The fraction of sp³-hybridized carbons (Fsp3) is 0.600. The van der Waals surface area contributed by atoms with E-state index in [1.165, 1.54) is 0 Å². The smallest absolute Gasteiger partial charge is 0.314 e. The van der Waals surface area contributed by atoms with Crippen molar-refractivity contribution in [3.63, 3.8) is 0 Å². The van der Waals surface area contributed by atoms with Gasteiger partial charge < -0.3 is 5.32 Å². The van der Waals surface area contributed by atoms with Gasteiger partial charge in [-0.1, -0.05) is 6.07 Å². The molecule has 1 aromatic rings. The van der Waals surface area contributed by atoms with Crippen molar-refractivity contribution < 1.29 is 30.7 Å². The molecular weight excluding hydrogens is 341 g/mol. The summed E-state index contributed by atoms with van der Waals surface area (Å²) in [6.45, 7) is 1.91. The van der Waals surface area contributed by atoms with Crippen molar-refractivity contribution in [1.82, 2.24) is 10.2 Å². The minimum atomic E-state index is -4.89. The molecule has 9 heteroatoms. The van der Waals surface area contributed by atoms with Gasteiger partial charge in [0.25, 0.3) is 0 Å². The number of rotatable bonds is 4. The highest BCUT2D eigenvalue weighted by molar-refractivity contribution is 5.29.